The third-order valence-electron chi connectivity index (χ3n) is 7.35. The van der Waals surface area contributed by atoms with Crippen LogP contribution in [0.3, 0.4) is 0 Å². The highest BCUT2D eigenvalue weighted by atomic mass is 19.4. The number of imidazole rings is 1. The zero-order chi connectivity index (χ0) is 26.4. The summed E-state index contributed by atoms with van der Waals surface area (Å²) in [6.45, 7) is 1.03. The molecule has 0 amide bonds. The summed E-state index contributed by atoms with van der Waals surface area (Å²) in [7, 11) is 6.59. The van der Waals surface area contributed by atoms with Crippen molar-refractivity contribution in [2.75, 3.05) is 39.3 Å². The number of aryl methyl sites for hydroxylation is 1. The maximum Gasteiger partial charge on any atom is 0.434 e. The molecule has 5 heterocycles. The fraction of sp³-hybridized carbons (Fsp3) is 0.542. The molecule has 1 saturated carbocycles. The van der Waals surface area contributed by atoms with Crippen LogP contribution in [0.5, 0.6) is 11.6 Å². The van der Waals surface area contributed by atoms with Crippen molar-refractivity contribution in [3.8, 4) is 23.0 Å². The highest BCUT2D eigenvalue weighted by Gasteiger charge is 2.53. The number of anilines is 1. The first kappa shape index (κ1) is 25.2. The van der Waals surface area contributed by atoms with Gasteiger partial charge >= 0.3 is 6.18 Å². The summed E-state index contributed by atoms with van der Waals surface area (Å²) < 4.78 is 58.3. The summed E-state index contributed by atoms with van der Waals surface area (Å²) in [4.78, 5) is 23.2. The lowest BCUT2D eigenvalue weighted by atomic mass is 9.65. The van der Waals surface area contributed by atoms with E-state index in [1.54, 1.807) is 26.6 Å². The number of methoxy groups -OCH3 is 2. The van der Waals surface area contributed by atoms with Crippen molar-refractivity contribution in [2.45, 2.75) is 37.5 Å². The maximum atomic E-state index is 13.2. The Morgan fingerprint density at radius 3 is 2.43 bits per heavy atom. The highest BCUT2D eigenvalue weighted by molar-refractivity contribution is 5.64. The summed E-state index contributed by atoms with van der Waals surface area (Å²) in [6, 6.07) is 0. The van der Waals surface area contributed by atoms with Gasteiger partial charge in [0, 0.05) is 38.4 Å². The number of nitrogens with zero attached hydrogens (tertiary/aromatic N) is 7. The second-order valence-corrected chi connectivity index (χ2v) is 9.73. The van der Waals surface area contributed by atoms with Crippen molar-refractivity contribution in [1.82, 2.24) is 29.5 Å². The van der Waals surface area contributed by atoms with Gasteiger partial charge in [0.2, 0.25) is 5.88 Å². The van der Waals surface area contributed by atoms with Crippen molar-refractivity contribution >= 4 is 5.82 Å². The summed E-state index contributed by atoms with van der Waals surface area (Å²) in [5, 5.41) is 0. The van der Waals surface area contributed by atoms with E-state index in [-0.39, 0.29) is 5.41 Å². The van der Waals surface area contributed by atoms with Crippen LogP contribution in [0.2, 0.25) is 0 Å². The van der Waals surface area contributed by atoms with E-state index in [2.05, 4.69) is 19.9 Å². The van der Waals surface area contributed by atoms with E-state index in [0.29, 0.717) is 60.7 Å². The van der Waals surface area contributed by atoms with Crippen LogP contribution in [0.15, 0.2) is 24.9 Å². The third kappa shape index (κ3) is 4.45. The molecular formula is C24H28F3N7O3. The number of fused-ring (bicyclic) bond motifs is 3. The molecule has 0 spiro atoms. The number of hydrogen-bond donors (Lipinski definition) is 0. The minimum atomic E-state index is -4.49. The van der Waals surface area contributed by atoms with Crippen LogP contribution in [-0.4, -0.2) is 63.9 Å². The SMILES string of the molecule is COc1cnc(-c2cncnc2OC)nc1N(C)CC12CCC(c3nc(C(F)(F)F)cn3C)(CC1)OC2. The van der Waals surface area contributed by atoms with Gasteiger partial charge in [0.25, 0.3) is 0 Å². The van der Waals surface area contributed by atoms with Crippen LogP contribution < -0.4 is 14.4 Å². The van der Waals surface area contributed by atoms with Gasteiger partial charge in [-0.1, -0.05) is 0 Å². The number of ether oxygens (including phenoxy) is 3. The van der Waals surface area contributed by atoms with Gasteiger partial charge in [0.15, 0.2) is 23.1 Å². The Kier molecular flexibility index (Phi) is 6.21. The molecule has 3 aromatic rings. The molecule has 0 aromatic carbocycles. The van der Waals surface area contributed by atoms with Crippen LogP contribution in [0.1, 0.15) is 37.2 Å². The molecule has 2 bridgehead atoms. The first-order valence-corrected chi connectivity index (χ1v) is 11.8. The molecule has 3 aromatic heterocycles. The van der Waals surface area contributed by atoms with E-state index in [9.17, 15) is 13.2 Å². The number of hydrogen-bond acceptors (Lipinski definition) is 9. The lowest BCUT2D eigenvalue weighted by Crippen LogP contribution is -2.54. The first-order valence-electron chi connectivity index (χ1n) is 11.8. The summed E-state index contributed by atoms with van der Waals surface area (Å²) in [5.74, 6) is 2.19. The molecule has 3 fully saturated rings. The monoisotopic (exact) mass is 519 g/mol. The Balaban J connectivity index is 1.36. The van der Waals surface area contributed by atoms with Crippen molar-refractivity contribution in [1.29, 1.82) is 0 Å². The third-order valence-corrected chi connectivity index (χ3v) is 7.35. The average Bonchev–Trinajstić information content (AvgIpc) is 3.32. The van der Waals surface area contributed by atoms with Gasteiger partial charge in [-0.3, -0.25) is 0 Å². The molecule has 2 saturated heterocycles. The van der Waals surface area contributed by atoms with Gasteiger partial charge in [-0.05, 0) is 25.7 Å². The Hall–Kier alpha value is -3.48. The van der Waals surface area contributed by atoms with E-state index >= 15 is 0 Å². The molecule has 0 radical (unpaired) electrons. The van der Waals surface area contributed by atoms with E-state index in [1.807, 2.05) is 11.9 Å². The second kappa shape index (κ2) is 9.12. The molecule has 198 valence electrons. The van der Waals surface area contributed by atoms with Crippen LogP contribution in [0, 0.1) is 5.41 Å². The van der Waals surface area contributed by atoms with Crippen LogP contribution in [-0.2, 0) is 23.6 Å². The zero-order valence-corrected chi connectivity index (χ0v) is 21.0. The number of halogens is 3. The Bertz CT molecular complexity index is 1270. The second-order valence-electron chi connectivity index (χ2n) is 9.73. The molecule has 10 nitrogen and oxygen atoms in total. The molecular weight excluding hydrogens is 491 g/mol. The van der Waals surface area contributed by atoms with Crippen LogP contribution in [0.25, 0.3) is 11.4 Å². The molecule has 0 atom stereocenters. The maximum absolute atomic E-state index is 13.2. The van der Waals surface area contributed by atoms with Crippen LogP contribution in [0.4, 0.5) is 19.0 Å². The standard InChI is InChI=1S/C24H28F3N7O3/c1-33-11-17(24(25,26)27)31-21(33)23-7-5-22(6-8-23,13-37-23)12-34(2)19-16(35-3)10-29-18(32-19)15-9-28-14-30-20(15)36-4/h9-11,14H,5-8,12-13H2,1-4H3. The molecule has 3 aliphatic rings. The van der Waals surface area contributed by atoms with Crippen LogP contribution >= 0.6 is 0 Å². The lowest BCUT2D eigenvalue weighted by Gasteiger charge is -2.53. The molecule has 0 unspecified atom stereocenters. The minimum Gasteiger partial charge on any atom is -0.491 e. The molecule has 2 aliphatic heterocycles. The summed E-state index contributed by atoms with van der Waals surface area (Å²) in [5.41, 5.74) is -1.32. The highest BCUT2D eigenvalue weighted by Crippen LogP contribution is 2.54. The number of aromatic nitrogens is 6. The van der Waals surface area contributed by atoms with E-state index < -0.39 is 17.5 Å². The van der Waals surface area contributed by atoms with Gasteiger partial charge in [0.1, 0.15) is 17.8 Å². The van der Waals surface area contributed by atoms with Gasteiger partial charge < -0.3 is 23.7 Å². The van der Waals surface area contributed by atoms with Crippen molar-refractivity contribution in [2.24, 2.45) is 12.5 Å². The Morgan fingerprint density at radius 2 is 1.84 bits per heavy atom. The zero-order valence-electron chi connectivity index (χ0n) is 21.0. The fourth-order valence-electron chi connectivity index (χ4n) is 5.40. The van der Waals surface area contributed by atoms with Crippen molar-refractivity contribution in [3.05, 3.63) is 36.4 Å². The lowest BCUT2D eigenvalue weighted by molar-refractivity contribution is -0.191. The Labute approximate surface area is 211 Å². The largest absolute Gasteiger partial charge is 0.491 e. The quantitative estimate of drug-likeness (QED) is 0.463. The topological polar surface area (TPSA) is 100 Å². The van der Waals surface area contributed by atoms with Gasteiger partial charge in [0.05, 0.1) is 32.6 Å². The fourth-order valence-corrected chi connectivity index (χ4v) is 5.40. The predicted molar refractivity (Wildman–Crippen MR) is 126 cm³/mol. The van der Waals surface area contributed by atoms with Gasteiger partial charge in [-0.25, -0.2) is 24.9 Å². The van der Waals surface area contributed by atoms with Gasteiger partial charge in [-0.2, -0.15) is 13.2 Å². The first-order chi connectivity index (χ1) is 17.6. The number of rotatable bonds is 7. The van der Waals surface area contributed by atoms with E-state index in [0.717, 1.165) is 19.0 Å². The normalized spacial score (nSPS) is 23.2. The molecule has 37 heavy (non-hydrogen) atoms. The average molecular weight is 520 g/mol. The number of alkyl halides is 3. The summed E-state index contributed by atoms with van der Waals surface area (Å²) >= 11 is 0. The molecule has 13 heteroatoms. The minimum absolute atomic E-state index is 0.182. The molecule has 1 aliphatic carbocycles. The smallest absolute Gasteiger partial charge is 0.434 e. The molecule has 0 N–H and O–H groups in total. The van der Waals surface area contributed by atoms with Crippen molar-refractivity contribution < 1.29 is 27.4 Å². The summed E-state index contributed by atoms with van der Waals surface area (Å²) in [6.07, 6.45) is 3.87. The Morgan fingerprint density at radius 1 is 1.08 bits per heavy atom. The van der Waals surface area contributed by atoms with E-state index in [1.165, 1.54) is 18.0 Å². The van der Waals surface area contributed by atoms with Gasteiger partial charge in [-0.15, -0.1) is 0 Å². The molecule has 6 rings (SSSR count). The van der Waals surface area contributed by atoms with E-state index in [4.69, 9.17) is 19.2 Å². The predicted octanol–water partition coefficient (Wildman–Crippen LogP) is 3.63. The van der Waals surface area contributed by atoms with Crippen molar-refractivity contribution in [3.63, 3.8) is 0 Å².